The van der Waals surface area contributed by atoms with Crippen LogP contribution in [0.15, 0.2) is 0 Å². The second-order valence-electron chi connectivity index (χ2n) is 3.86. The van der Waals surface area contributed by atoms with Crippen molar-refractivity contribution in [3.05, 3.63) is 0 Å². The molecule has 0 radical (unpaired) electrons. The molecule has 0 aromatic heterocycles. The fourth-order valence-electron chi connectivity index (χ4n) is 1.78. The van der Waals surface area contributed by atoms with E-state index < -0.39 is 5.38 Å². The minimum Gasteiger partial charge on any atom is -0.351 e. The van der Waals surface area contributed by atoms with Crippen LogP contribution in [0.1, 0.15) is 26.7 Å². The van der Waals surface area contributed by atoms with E-state index in [-0.39, 0.29) is 11.9 Å². The van der Waals surface area contributed by atoms with Gasteiger partial charge in [0.15, 0.2) is 0 Å². The number of halogens is 1. The molecule has 2 atom stereocenters. The molecule has 1 rings (SSSR count). The predicted octanol–water partition coefficient (Wildman–Crippen LogP) is 1.21. The Balaban J connectivity index is 2.34. The van der Waals surface area contributed by atoms with Gasteiger partial charge in [-0.05, 0) is 32.9 Å². The Morgan fingerprint density at radius 1 is 1.71 bits per heavy atom. The maximum absolute atomic E-state index is 11.3. The maximum Gasteiger partial charge on any atom is 0.238 e. The van der Waals surface area contributed by atoms with Gasteiger partial charge in [-0.2, -0.15) is 0 Å². The SMILES string of the molecule is CCN1CCCC(NC(=O)C(C)Cl)C1. The van der Waals surface area contributed by atoms with Crippen LogP contribution in [0.4, 0.5) is 0 Å². The summed E-state index contributed by atoms with van der Waals surface area (Å²) in [6, 6.07) is 0.289. The average Bonchev–Trinajstić information content (AvgIpc) is 2.18. The van der Waals surface area contributed by atoms with Gasteiger partial charge in [0.05, 0.1) is 0 Å². The first-order valence-corrected chi connectivity index (χ1v) is 5.74. The van der Waals surface area contributed by atoms with E-state index in [1.807, 2.05) is 0 Å². The molecule has 0 aliphatic carbocycles. The molecule has 0 bridgehead atoms. The van der Waals surface area contributed by atoms with Crippen molar-refractivity contribution in [2.24, 2.45) is 0 Å². The normalized spacial score (nSPS) is 25.8. The van der Waals surface area contributed by atoms with E-state index in [1.54, 1.807) is 6.92 Å². The molecule has 1 fully saturated rings. The summed E-state index contributed by atoms with van der Waals surface area (Å²) in [6.07, 6.45) is 2.24. The largest absolute Gasteiger partial charge is 0.351 e. The molecular weight excluding hydrogens is 200 g/mol. The maximum atomic E-state index is 11.3. The summed E-state index contributed by atoms with van der Waals surface area (Å²) in [6.45, 7) is 7.03. The summed E-state index contributed by atoms with van der Waals surface area (Å²) >= 11 is 5.69. The van der Waals surface area contributed by atoms with Crippen LogP contribution in [0.5, 0.6) is 0 Å². The molecule has 0 aromatic carbocycles. The minimum atomic E-state index is -0.424. The highest BCUT2D eigenvalue weighted by Crippen LogP contribution is 2.10. The molecule has 1 N–H and O–H groups in total. The lowest BCUT2D eigenvalue weighted by Crippen LogP contribution is -2.49. The van der Waals surface area contributed by atoms with Crippen LogP contribution < -0.4 is 5.32 Å². The Bertz CT molecular complexity index is 197. The van der Waals surface area contributed by atoms with E-state index in [0.29, 0.717) is 0 Å². The molecule has 1 amide bonds. The van der Waals surface area contributed by atoms with Crippen LogP contribution >= 0.6 is 11.6 Å². The van der Waals surface area contributed by atoms with Crippen molar-refractivity contribution in [3.8, 4) is 0 Å². The lowest BCUT2D eigenvalue weighted by molar-refractivity contribution is -0.121. The fourth-order valence-corrected chi connectivity index (χ4v) is 1.84. The molecule has 1 aliphatic heterocycles. The number of likely N-dealkylation sites (tertiary alicyclic amines) is 1. The topological polar surface area (TPSA) is 32.3 Å². The highest BCUT2D eigenvalue weighted by Gasteiger charge is 2.21. The second kappa shape index (κ2) is 5.56. The Kier molecular flexibility index (Phi) is 4.69. The molecule has 1 saturated heterocycles. The molecule has 0 spiro atoms. The smallest absolute Gasteiger partial charge is 0.238 e. The Morgan fingerprint density at radius 3 is 3.00 bits per heavy atom. The highest BCUT2D eigenvalue weighted by atomic mass is 35.5. The monoisotopic (exact) mass is 218 g/mol. The van der Waals surface area contributed by atoms with Gasteiger partial charge in [0.1, 0.15) is 5.38 Å². The fraction of sp³-hybridized carbons (Fsp3) is 0.900. The quantitative estimate of drug-likeness (QED) is 0.723. The summed E-state index contributed by atoms with van der Waals surface area (Å²) in [4.78, 5) is 13.7. The summed E-state index contributed by atoms with van der Waals surface area (Å²) in [5.41, 5.74) is 0. The van der Waals surface area contributed by atoms with Gasteiger partial charge in [0.25, 0.3) is 0 Å². The Labute approximate surface area is 90.8 Å². The van der Waals surface area contributed by atoms with Crippen LogP contribution in [0.25, 0.3) is 0 Å². The molecule has 3 nitrogen and oxygen atoms in total. The second-order valence-corrected chi connectivity index (χ2v) is 4.51. The first kappa shape index (κ1) is 11.8. The van der Waals surface area contributed by atoms with Gasteiger partial charge < -0.3 is 10.2 Å². The number of carbonyl (C=O) groups excluding carboxylic acids is 1. The van der Waals surface area contributed by atoms with Crippen molar-refractivity contribution in [1.82, 2.24) is 10.2 Å². The van der Waals surface area contributed by atoms with Crippen molar-refractivity contribution in [2.75, 3.05) is 19.6 Å². The van der Waals surface area contributed by atoms with Gasteiger partial charge in [-0.25, -0.2) is 0 Å². The molecule has 0 aromatic rings. The summed E-state index contributed by atoms with van der Waals surface area (Å²) in [5, 5.41) is 2.55. The zero-order chi connectivity index (χ0) is 10.6. The lowest BCUT2D eigenvalue weighted by atomic mass is 10.1. The van der Waals surface area contributed by atoms with Gasteiger partial charge in [-0.1, -0.05) is 6.92 Å². The molecule has 2 unspecified atom stereocenters. The van der Waals surface area contributed by atoms with Crippen LogP contribution in [-0.4, -0.2) is 41.9 Å². The number of rotatable bonds is 3. The predicted molar refractivity (Wildman–Crippen MR) is 58.6 cm³/mol. The van der Waals surface area contributed by atoms with Gasteiger partial charge in [0, 0.05) is 12.6 Å². The van der Waals surface area contributed by atoms with Crippen LogP contribution in [0.3, 0.4) is 0 Å². The van der Waals surface area contributed by atoms with E-state index in [1.165, 1.54) is 0 Å². The van der Waals surface area contributed by atoms with Crippen molar-refractivity contribution < 1.29 is 4.79 Å². The number of hydrogen-bond donors (Lipinski definition) is 1. The molecule has 1 aliphatic rings. The van der Waals surface area contributed by atoms with E-state index in [2.05, 4.69) is 17.1 Å². The van der Waals surface area contributed by atoms with E-state index in [0.717, 1.165) is 32.5 Å². The third kappa shape index (κ3) is 3.46. The summed E-state index contributed by atoms with van der Waals surface area (Å²) in [5.74, 6) is -0.0466. The Hall–Kier alpha value is -0.280. The van der Waals surface area contributed by atoms with Crippen molar-refractivity contribution in [2.45, 2.75) is 38.1 Å². The number of amides is 1. The van der Waals surface area contributed by atoms with Crippen LogP contribution in [0.2, 0.25) is 0 Å². The number of alkyl halides is 1. The first-order valence-electron chi connectivity index (χ1n) is 5.30. The van der Waals surface area contributed by atoms with Crippen LogP contribution in [-0.2, 0) is 4.79 Å². The zero-order valence-electron chi connectivity index (χ0n) is 8.92. The third-order valence-electron chi connectivity index (χ3n) is 2.66. The van der Waals surface area contributed by atoms with E-state index in [4.69, 9.17) is 11.6 Å². The standard InChI is InChI=1S/C10H19ClN2O/c1-3-13-6-4-5-9(7-13)12-10(14)8(2)11/h8-9H,3-7H2,1-2H3,(H,12,14). The number of carbonyl (C=O) groups is 1. The first-order chi connectivity index (χ1) is 6.63. The number of hydrogen-bond acceptors (Lipinski definition) is 2. The van der Waals surface area contributed by atoms with Crippen LogP contribution in [0, 0.1) is 0 Å². The molecule has 82 valence electrons. The van der Waals surface area contributed by atoms with E-state index >= 15 is 0 Å². The number of likely N-dealkylation sites (N-methyl/N-ethyl adjacent to an activating group) is 1. The highest BCUT2D eigenvalue weighted by molar-refractivity contribution is 6.30. The summed E-state index contributed by atoms with van der Waals surface area (Å²) < 4.78 is 0. The van der Waals surface area contributed by atoms with Crippen molar-refractivity contribution in [1.29, 1.82) is 0 Å². The zero-order valence-corrected chi connectivity index (χ0v) is 9.68. The van der Waals surface area contributed by atoms with E-state index in [9.17, 15) is 4.79 Å². The molecule has 1 heterocycles. The van der Waals surface area contributed by atoms with Gasteiger partial charge in [-0.15, -0.1) is 11.6 Å². The Morgan fingerprint density at radius 2 is 2.43 bits per heavy atom. The molecular formula is C10H19ClN2O. The average molecular weight is 219 g/mol. The third-order valence-corrected chi connectivity index (χ3v) is 2.86. The van der Waals surface area contributed by atoms with Gasteiger partial charge in [-0.3, -0.25) is 4.79 Å². The van der Waals surface area contributed by atoms with Gasteiger partial charge >= 0.3 is 0 Å². The van der Waals surface area contributed by atoms with Gasteiger partial charge in [0.2, 0.25) is 5.91 Å². The number of nitrogens with zero attached hydrogens (tertiary/aromatic N) is 1. The molecule has 14 heavy (non-hydrogen) atoms. The molecule has 4 heteroatoms. The lowest BCUT2D eigenvalue weighted by Gasteiger charge is -2.32. The summed E-state index contributed by atoms with van der Waals surface area (Å²) in [7, 11) is 0. The molecule has 0 saturated carbocycles. The minimum absolute atomic E-state index is 0.0466. The van der Waals surface area contributed by atoms with Crippen molar-refractivity contribution >= 4 is 17.5 Å². The van der Waals surface area contributed by atoms with Crippen molar-refractivity contribution in [3.63, 3.8) is 0 Å². The number of piperidine rings is 1. The number of nitrogens with one attached hydrogen (secondary N) is 1.